The lowest BCUT2D eigenvalue weighted by Gasteiger charge is -2.21. The second-order valence-electron chi connectivity index (χ2n) is 3.07. The highest BCUT2D eigenvalue weighted by atomic mass is 31.2. The van der Waals surface area contributed by atoms with Gasteiger partial charge in [-0.25, -0.2) is 13.9 Å². The van der Waals surface area contributed by atoms with Crippen LogP contribution in [0.25, 0.3) is 0 Å². The summed E-state index contributed by atoms with van der Waals surface area (Å²) in [6.07, 6.45) is -10.5. The Hall–Kier alpha value is -0.910. The SMILES string of the molecule is O=C(O)[C@@H](O)[C@H](O)[C@H](O)C(=O)C(O)OP(=O)(O)O. The normalized spacial score (nSPS) is 18.8. The highest BCUT2D eigenvalue weighted by Crippen LogP contribution is 2.37. The maximum Gasteiger partial charge on any atom is 0.472 e. The van der Waals surface area contributed by atoms with E-state index in [2.05, 4.69) is 4.52 Å². The third-order valence-electron chi connectivity index (χ3n) is 1.67. The molecule has 11 nitrogen and oxygen atoms in total. The Morgan fingerprint density at radius 2 is 1.44 bits per heavy atom. The monoisotopic (exact) mass is 290 g/mol. The third-order valence-corrected chi connectivity index (χ3v) is 2.15. The van der Waals surface area contributed by atoms with Crippen molar-refractivity contribution in [3.63, 3.8) is 0 Å². The van der Waals surface area contributed by atoms with Gasteiger partial charge in [0.15, 0.2) is 6.10 Å². The van der Waals surface area contributed by atoms with E-state index in [4.69, 9.17) is 35.3 Å². The van der Waals surface area contributed by atoms with Crippen molar-refractivity contribution in [2.24, 2.45) is 0 Å². The van der Waals surface area contributed by atoms with Gasteiger partial charge in [-0.05, 0) is 0 Å². The zero-order chi connectivity index (χ0) is 14.7. The minimum Gasteiger partial charge on any atom is -0.479 e. The number of ketones is 1. The summed E-state index contributed by atoms with van der Waals surface area (Å²) in [5.41, 5.74) is 0. The van der Waals surface area contributed by atoms with Crippen molar-refractivity contribution in [1.29, 1.82) is 0 Å². The molecule has 0 spiro atoms. The maximum absolute atomic E-state index is 11.1. The van der Waals surface area contributed by atoms with Gasteiger partial charge in [-0.15, -0.1) is 0 Å². The van der Waals surface area contributed by atoms with Crippen LogP contribution in [-0.2, 0) is 18.7 Å². The summed E-state index contributed by atoms with van der Waals surface area (Å²) < 4.78 is 13.7. The molecule has 7 N–H and O–H groups in total. The van der Waals surface area contributed by atoms with Crippen LogP contribution < -0.4 is 0 Å². The molecular formula is C6H11O11P. The molecule has 0 heterocycles. The molecule has 0 aliphatic heterocycles. The lowest BCUT2D eigenvalue weighted by molar-refractivity contribution is -0.169. The van der Waals surface area contributed by atoms with Gasteiger partial charge in [-0.3, -0.25) is 4.79 Å². The van der Waals surface area contributed by atoms with E-state index in [9.17, 15) is 14.2 Å². The summed E-state index contributed by atoms with van der Waals surface area (Å²) in [7, 11) is -5.23. The molecule has 4 atom stereocenters. The highest BCUT2D eigenvalue weighted by Gasteiger charge is 2.39. The fourth-order valence-electron chi connectivity index (χ4n) is 0.815. The summed E-state index contributed by atoms with van der Waals surface area (Å²) in [6, 6.07) is 0. The van der Waals surface area contributed by atoms with Gasteiger partial charge in [0.2, 0.25) is 12.1 Å². The van der Waals surface area contributed by atoms with Crippen molar-refractivity contribution in [2.75, 3.05) is 0 Å². The van der Waals surface area contributed by atoms with Crippen molar-refractivity contribution in [1.82, 2.24) is 0 Å². The molecule has 12 heteroatoms. The Morgan fingerprint density at radius 3 is 1.78 bits per heavy atom. The molecule has 0 amide bonds. The Bertz CT molecular complexity index is 361. The Kier molecular flexibility index (Phi) is 5.99. The first kappa shape index (κ1) is 17.1. The largest absolute Gasteiger partial charge is 0.479 e. The van der Waals surface area contributed by atoms with Crippen molar-refractivity contribution in [3.05, 3.63) is 0 Å². The summed E-state index contributed by atoms with van der Waals surface area (Å²) in [5.74, 6) is -3.79. The number of carbonyl (C=O) groups is 2. The number of carboxylic acids is 1. The van der Waals surface area contributed by atoms with Gasteiger partial charge in [0.25, 0.3) is 0 Å². The standard InChI is InChI=1S/C6H11O11P/c7-1(3(9)5(11)12)2(8)4(10)6(13)17-18(14,15)16/h1-3,6-9,13H,(H,11,12)(H2,14,15,16)/t1-,2+,3+,6?/m1/s1. The van der Waals surface area contributed by atoms with Crippen molar-refractivity contribution < 1.29 is 54.0 Å². The first-order valence-corrected chi connectivity index (χ1v) is 5.73. The molecule has 0 saturated carbocycles. The van der Waals surface area contributed by atoms with E-state index in [0.717, 1.165) is 0 Å². The quantitative estimate of drug-likeness (QED) is 0.178. The number of rotatable bonds is 7. The zero-order valence-corrected chi connectivity index (χ0v) is 9.41. The Morgan fingerprint density at radius 1 is 1.00 bits per heavy atom. The average Bonchev–Trinajstić information content (AvgIpc) is 2.22. The smallest absolute Gasteiger partial charge is 0.472 e. The molecule has 0 aliphatic rings. The van der Waals surface area contributed by atoms with Crippen LogP contribution in [0.15, 0.2) is 0 Å². The van der Waals surface area contributed by atoms with Crippen LogP contribution in [0.1, 0.15) is 0 Å². The van der Waals surface area contributed by atoms with Gasteiger partial charge < -0.3 is 35.3 Å². The molecule has 0 aromatic carbocycles. The Labute approximate surface area is 99.1 Å². The van der Waals surface area contributed by atoms with Gasteiger partial charge in [0.1, 0.15) is 12.2 Å². The number of hydrogen-bond acceptors (Lipinski definition) is 8. The minimum atomic E-state index is -5.23. The van der Waals surface area contributed by atoms with E-state index in [1.165, 1.54) is 0 Å². The number of aliphatic carboxylic acids is 1. The molecule has 0 rings (SSSR count). The number of carbonyl (C=O) groups excluding carboxylic acids is 1. The van der Waals surface area contributed by atoms with Gasteiger partial charge >= 0.3 is 13.8 Å². The van der Waals surface area contributed by atoms with E-state index in [1.54, 1.807) is 0 Å². The zero-order valence-electron chi connectivity index (χ0n) is 8.52. The number of phosphoric acid groups is 1. The van der Waals surface area contributed by atoms with Crippen LogP contribution in [-0.4, -0.2) is 71.7 Å². The maximum atomic E-state index is 11.1. The summed E-state index contributed by atoms with van der Waals surface area (Å²) >= 11 is 0. The number of aliphatic hydroxyl groups excluding tert-OH is 4. The second kappa shape index (κ2) is 6.31. The summed E-state index contributed by atoms with van der Waals surface area (Å²) in [5, 5.41) is 43.9. The number of hydrogen-bond donors (Lipinski definition) is 7. The number of Topliss-reactive ketones (excluding diaryl/α,β-unsaturated/α-hetero) is 1. The van der Waals surface area contributed by atoms with E-state index >= 15 is 0 Å². The lowest BCUT2D eigenvalue weighted by atomic mass is 10.0. The van der Waals surface area contributed by atoms with E-state index in [-0.39, 0.29) is 0 Å². The molecule has 0 bridgehead atoms. The van der Waals surface area contributed by atoms with Crippen LogP contribution in [0.3, 0.4) is 0 Å². The van der Waals surface area contributed by atoms with E-state index in [0.29, 0.717) is 0 Å². The van der Waals surface area contributed by atoms with Gasteiger partial charge in [-0.2, -0.15) is 0 Å². The van der Waals surface area contributed by atoms with Crippen LogP contribution in [0, 0.1) is 0 Å². The van der Waals surface area contributed by atoms with E-state index in [1.807, 2.05) is 0 Å². The lowest BCUT2D eigenvalue weighted by Crippen LogP contribution is -2.49. The van der Waals surface area contributed by atoms with E-state index < -0.39 is 44.2 Å². The molecule has 18 heavy (non-hydrogen) atoms. The molecule has 0 aliphatic carbocycles. The van der Waals surface area contributed by atoms with Crippen LogP contribution >= 0.6 is 7.82 Å². The summed E-state index contributed by atoms with van der Waals surface area (Å²) in [4.78, 5) is 37.8. The first-order chi connectivity index (χ1) is 7.97. The molecule has 1 unspecified atom stereocenters. The fourth-order valence-corrected chi connectivity index (χ4v) is 1.18. The first-order valence-electron chi connectivity index (χ1n) is 4.20. The fraction of sp³-hybridized carbons (Fsp3) is 0.667. The minimum absolute atomic E-state index is 1.83. The molecule has 0 radical (unpaired) electrons. The number of phosphoric ester groups is 1. The Balaban J connectivity index is 4.69. The molecule has 106 valence electrons. The van der Waals surface area contributed by atoms with Crippen molar-refractivity contribution in [2.45, 2.75) is 24.6 Å². The predicted molar refractivity (Wildman–Crippen MR) is 49.8 cm³/mol. The number of carboxylic acid groups (broad SMARTS) is 1. The highest BCUT2D eigenvalue weighted by molar-refractivity contribution is 7.46. The average molecular weight is 290 g/mol. The summed E-state index contributed by atoms with van der Waals surface area (Å²) in [6.45, 7) is 0. The van der Waals surface area contributed by atoms with Gasteiger partial charge in [0.05, 0.1) is 0 Å². The molecule has 0 saturated heterocycles. The van der Waals surface area contributed by atoms with Crippen molar-refractivity contribution in [3.8, 4) is 0 Å². The van der Waals surface area contributed by atoms with Crippen LogP contribution in [0.5, 0.6) is 0 Å². The predicted octanol–water partition coefficient (Wildman–Crippen LogP) is -3.85. The molecular weight excluding hydrogens is 279 g/mol. The van der Waals surface area contributed by atoms with Crippen LogP contribution in [0.4, 0.5) is 0 Å². The van der Waals surface area contributed by atoms with Gasteiger partial charge in [-0.1, -0.05) is 0 Å². The molecule has 0 aromatic heterocycles. The number of aliphatic hydroxyl groups is 4. The molecule has 0 fully saturated rings. The third kappa shape index (κ3) is 5.16. The topological polar surface area (TPSA) is 202 Å². The second-order valence-corrected chi connectivity index (χ2v) is 4.26. The molecule has 0 aromatic rings. The van der Waals surface area contributed by atoms with Crippen molar-refractivity contribution >= 4 is 19.6 Å². The van der Waals surface area contributed by atoms with Crippen LogP contribution in [0.2, 0.25) is 0 Å². The van der Waals surface area contributed by atoms with Gasteiger partial charge in [0, 0.05) is 0 Å².